The van der Waals surface area contributed by atoms with Crippen molar-refractivity contribution in [2.24, 2.45) is 5.41 Å². The number of ketones is 1. The van der Waals surface area contributed by atoms with Gasteiger partial charge in [0.25, 0.3) is 5.76 Å². The fraction of sp³-hybridized carbons (Fsp3) is 0.500. The number of rotatable bonds is 1. The van der Waals surface area contributed by atoms with Crippen LogP contribution in [0.3, 0.4) is 0 Å². The summed E-state index contributed by atoms with van der Waals surface area (Å²) in [6, 6.07) is 0. The maximum absolute atomic E-state index is 11.7. The van der Waals surface area contributed by atoms with Crippen LogP contribution < -0.4 is 0 Å². The van der Waals surface area contributed by atoms with Gasteiger partial charge in [-0.2, -0.15) is 0 Å². The molecule has 1 aliphatic rings. The Labute approximate surface area is 86.1 Å². The smallest absolute Gasteiger partial charge is 0.375 e. The van der Waals surface area contributed by atoms with Crippen LogP contribution in [0.4, 0.5) is 0 Å². The summed E-state index contributed by atoms with van der Waals surface area (Å²) in [6.07, 6.45) is 0.909. The third-order valence-corrected chi connectivity index (χ3v) is 2.52. The van der Waals surface area contributed by atoms with Gasteiger partial charge in [-0.1, -0.05) is 19.0 Å². The van der Waals surface area contributed by atoms with E-state index in [9.17, 15) is 9.59 Å². The number of aromatic nitrogens is 1. The van der Waals surface area contributed by atoms with Crippen LogP contribution in [0.25, 0.3) is 0 Å². The zero-order valence-electron chi connectivity index (χ0n) is 8.53. The fourth-order valence-electron chi connectivity index (χ4n) is 1.92. The molecule has 15 heavy (non-hydrogen) atoms. The van der Waals surface area contributed by atoms with Crippen molar-refractivity contribution in [3.8, 4) is 0 Å². The molecule has 0 saturated carbocycles. The highest BCUT2D eigenvalue weighted by atomic mass is 16.5. The van der Waals surface area contributed by atoms with Crippen molar-refractivity contribution in [3.05, 3.63) is 17.0 Å². The third kappa shape index (κ3) is 1.54. The third-order valence-electron chi connectivity index (χ3n) is 2.52. The van der Waals surface area contributed by atoms with Crippen molar-refractivity contribution >= 4 is 11.8 Å². The Morgan fingerprint density at radius 1 is 1.47 bits per heavy atom. The number of carboxylic acids is 1. The van der Waals surface area contributed by atoms with Gasteiger partial charge in [-0.3, -0.25) is 4.79 Å². The van der Waals surface area contributed by atoms with Crippen LogP contribution in [0.5, 0.6) is 0 Å². The summed E-state index contributed by atoms with van der Waals surface area (Å²) in [4.78, 5) is 22.5. The standard InChI is InChI=1S/C10H11NO4/c1-10(2)3-5-7(6(12)4-10)8(9(13)14)15-11-5/h3-4H2,1-2H3,(H,13,14). The van der Waals surface area contributed by atoms with E-state index < -0.39 is 5.97 Å². The van der Waals surface area contributed by atoms with Gasteiger partial charge in [0, 0.05) is 6.42 Å². The number of hydrogen-bond acceptors (Lipinski definition) is 4. The Balaban J connectivity index is 2.53. The van der Waals surface area contributed by atoms with Gasteiger partial charge < -0.3 is 9.63 Å². The molecule has 5 heteroatoms. The van der Waals surface area contributed by atoms with Gasteiger partial charge in [0.05, 0.1) is 11.3 Å². The molecule has 1 heterocycles. The van der Waals surface area contributed by atoms with Crippen LogP contribution >= 0.6 is 0 Å². The summed E-state index contributed by atoms with van der Waals surface area (Å²) in [5.41, 5.74) is 0.451. The normalized spacial score (nSPS) is 18.7. The SMILES string of the molecule is CC1(C)CC(=O)c2c(noc2C(=O)O)C1. The number of nitrogens with zero attached hydrogens (tertiary/aromatic N) is 1. The van der Waals surface area contributed by atoms with E-state index in [0.29, 0.717) is 18.5 Å². The highest BCUT2D eigenvalue weighted by Crippen LogP contribution is 2.35. The highest BCUT2D eigenvalue weighted by molar-refractivity contribution is 6.06. The van der Waals surface area contributed by atoms with E-state index in [0.717, 1.165) is 0 Å². The molecule has 0 saturated heterocycles. The van der Waals surface area contributed by atoms with Crippen LogP contribution in [-0.2, 0) is 6.42 Å². The van der Waals surface area contributed by atoms with Crippen LogP contribution in [0.15, 0.2) is 4.52 Å². The first kappa shape index (κ1) is 9.89. The first-order chi connectivity index (χ1) is 6.91. The quantitative estimate of drug-likeness (QED) is 0.758. The lowest BCUT2D eigenvalue weighted by atomic mass is 9.76. The average Bonchev–Trinajstić information content (AvgIpc) is 2.45. The molecule has 0 aliphatic heterocycles. The number of carbonyl (C=O) groups excluding carboxylic acids is 1. The Kier molecular flexibility index (Phi) is 1.92. The molecule has 0 atom stereocenters. The molecule has 1 aromatic rings. The maximum atomic E-state index is 11.7. The second kappa shape index (κ2) is 2.92. The molecule has 0 fully saturated rings. The Morgan fingerprint density at radius 3 is 2.73 bits per heavy atom. The Morgan fingerprint density at radius 2 is 2.13 bits per heavy atom. The van der Waals surface area contributed by atoms with Crippen LogP contribution in [-0.4, -0.2) is 22.0 Å². The predicted octanol–water partition coefficient (Wildman–Crippen LogP) is 1.53. The van der Waals surface area contributed by atoms with E-state index in [1.54, 1.807) is 0 Å². The molecule has 0 spiro atoms. The van der Waals surface area contributed by atoms with Crippen molar-refractivity contribution in [2.45, 2.75) is 26.7 Å². The summed E-state index contributed by atoms with van der Waals surface area (Å²) >= 11 is 0. The molecule has 2 rings (SSSR count). The lowest BCUT2D eigenvalue weighted by Gasteiger charge is -2.26. The summed E-state index contributed by atoms with van der Waals surface area (Å²) in [7, 11) is 0. The monoisotopic (exact) mass is 209 g/mol. The van der Waals surface area contributed by atoms with E-state index in [4.69, 9.17) is 5.11 Å². The van der Waals surface area contributed by atoms with Crippen molar-refractivity contribution in [1.29, 1.82) is 0 Å². The summed E-state index contributed by atoms with van der Waals surface area (Å²) in [5.74, 6) is -1.76. The van der Waals surface area contributed by atoms with Crippen molar-refractivity contribution < 1.29 is 19.2 Å². The first-order valence-corrected chi connectivity index (χ1v) is 4.66. The second-order valence-corrected chi connectivity index (χ2v) is 4.58. The average molecular weight is 209 g/mol. The number of carboxylic acid groups (broad SMARTS) is 1. The molecule has 0 bridgehead atoms. The van der Waals surface area contributed by atoms with Gasteiger partial charge in [-0.15, -0.1) is 0 Å². The molecular formula is C10H11NO4. The minimum absolute atomic E-state index is 0.154. The molecule has 0 unspecified atom stereocenters. The Hall–Kier alpha value is -1.65. The first-order valence-electron chi connectivity index (χ1n) is 4.66. The van der Waals surface area contributed by atoms with Crippen LogP contribution in [0.2, 0.25) is 0 Å². The zero-order valence-corrected chi connectivity index (χ0v) is 8.53. The number of hydrogen-bond donors (Lipinski definition) is 1. The number of fused-ring (bicyclic) bond motifs is 1. The minimum atomic E-state index is -1.24. The molecule has 80 valence electrons. The fourth-order valence-corrected chi connectivity index (χ4v) is 1.92. The lowest BCUT2D eigenvalue weighted by molar-refractivity contribution is 0.0645. The van der Waals surface area contributed by atoms with E-state index >= 15 is 0 Å². The summed E-state index contributed by atoms with van der Waals surface area (Å²) in [6.45, 7) is 3.89. The molecule has 1 aromatic heterocycles. The lowest BCUT2D eigenvalue weighted by Crippen LogP contribution is -2.27. The largest absolute Gasteiger partial charge is 0.475 e. The molecule has 5 nitrogen and oxygen atoms in total. The highest BCUT2D eigenvalue weighted by Gasteiger charge is 2.37. The van der Waals surface area contributed by atoms with Crippen molar-refractivity contribution in [2.75, 3.05) is 0 Å². The number of carbonyl (C=O) groups is 2. The zero-order chi connectivity index (χ0) is 11.2. The Bertz CT molecular complexity index is 444. The van der Waals surface area contributed by atoms with Crippen LogP contribution in [0.1, 0.15) is 46.9 Å². The van der Waals surface area contributed by atoms with E-state index in [1.807, 2.05) is 13.8 Å². The topological polar surface area (TPSA) is 80.4 Å². The molecule has 1 aliphatic carbocycles. The maximum Gasteiger partial charge on any atom is 0.375 e. The van der Waals surface area contributed by atoms with Gasteiger partial charge >= 0.3 is 5.97 Å². The van der Waals surface area contributed by atoms with E-state index in [2.05, 4.69) is 9.68 Å². The van der Waals surface area contributed by atoms with E-state index in [-0.39, 0.29) is 22.5 Å². The summed E-state index contributed by atoms with van der Waals surface area (Å²) < 4.78 is 4.67. The summed E-state index contributed by atoms with van der Waals surface area (Å²) in [5, 5.41) is 12.4. The predicted molar refractivity (Wildman–Crippen MR) is 49.9 cm³/mol. The van der Waals surface area contributed by atoms with Crippen LogP contribution in [0, 0.1) is 5.41 Å². The number of Topliss-reactive ketones (excluding diaryl/α,β-unsaturated/α-hetero) is 1. The minimum Gasteiger partial charge on any atom is -0.475 e. The second-order valence-electron chi connectivity index (χ2n) is 4.58. The number of aromatic carboxylic acids is 1. The molecule has 0 radical (unpaired) electrons. The van der Waals surface area contributed by atoms with E-state index in [1.165, 1.54) is 0 Å². The molecule has 0 amide bonds. The van der Waals surface area contributed by atoms with Gasteiger partial charge in [0.15, 0.2) is 5.78 Å². The van der Waals surface area contributed by atoms with Gasteiger partial charge in [0.2, 0.25) is 0 Å². The van der Waals surface area contributed by atoms with Gasteiger partial charge in [-0.25, -0.2) is 4.79 Å². The van der Waals surface area contributed by atoms with Gasteiger partial charge in [0.1, 0.15) is 0 Å². The van der Waals surface area contributed by atoms with Gasteiger partial charge in [-0.05, 0) is 11.8 Å². The molecular weight excluding hydrogens is 198 g/mol. The molecule has 1 N–H and O–H groups in total. The van der Waals surface area contributed by atoms with Crippen molar-refractivity contribution in [3.63, 3.8) is 0 Å². The van der Waals surface area contributed by atoms with Crippen molar-refractivity contribution in [1.82, 2.24) is 5.16 Å². The molecule has 0 aromatic carbocycles.